The first-order chi connectivity index (χ1) is 10.8. The molecule has 23 heavy (non-hydrogen) atoms. The van der Waals surface area contributed by atoms with Crippen molar-refractivity contribution >= 4 is 0 Å². The highest BCUT2D eigenvalue weighted by Crippen LogP contribution is 2.63. The standard InChI is InChI=1S/C19H36N2O2/c1-5-20-8-10-21(11-9-20)13-16(22)14-23-17-18(2,3)15-6-7-19(17,4)12-15/h15-17,22H,5-14H2,1-4H3/t15-,16-,17-,19-/m1/s1. The smallest absolute Gasteiger partial charge is 0.0900 e. The topological polar surface area (TPSA) is 35.9 Å². The molecule has 1 N–H and O–H groups in total. The average Bonchev–Trinajstić information content (AvgIpc) is 2.98. The Kier molecular flexibility index (Phi) is 5.09. The fourth-order valence-corrected chi connectivity index (χ4v) is 5.52. The van der Waals surface area contributed by atoms with Crippen LogP contribution >= 0.6 is 0 Å². The summed E-state index contributed by atoms with van der Waals surface area (Å²) in [6, 6.07) is 0. The quantitative estimate of drug-likeness (QED) is 0.813. The van der Waals surface area contributed by atoms with E-state index in [-0.39, 0.29) is 11.5 Å². The molecule has 0 aromatic rings. The lowest BCUT2D eigenvalue weighted by Gasteiger charge is -2.43. The number of fused-ring (bicyclic) bond motifs is 2. The Morgan fingerprint density at radius 1 is 1.13 bits per heavy atom. The number of rotatable bonds is 6. The summed E-state index contributed by atoms with van der Waals surface area (Å²) < 4.78 is 6.31. The fourth-order valence-electron chi connectivity index (χ4n) is 5.52. The van der Waals surface area contributed by atoms with Crippen molar-refractivity contribution in [3.05, 3.63) is 0 Å². The van der Waals surface area contributed by atoms with Crippen LogP contribution in [-0.4, -0.2) is 73.0 Å². The maximum atomic E-state index is 10.4. The molecular weight excluding hydrogens is 288 g/mol. The Bertz CT molecular complexity index is 401. The van der Waals surface area contributed by atoms with Gasteiger partial charge in [-0.3, -0.25) is 4.90 Å². The van der Waals surface area contributed by atoms with E-state index in [9.17, 15) is 5.11 Å². The number of hydrogen-bond acceptors (Lipinski definition) is 4. The Hall–Kier alpha value is -0.160. The highest BCUT2D eigenvalue weighted by molar-refractivity contribution is 5.09. The van der Waals surface area contributed by atoms with Crippen LogP contribution in [0.2, 0.25) is 0 Å². The second-order valence-electron chi connectivity index (χ2n) is 9.02. The summed E-state index contributed by atoms with van der Waals surface area (Å²) in [5, 5.41) is 10.4. The van der Waals surface area contributed by atoms with Crippen LogP contribution in [0.4, 0.5) is 0 Å². The molecule has 3 aliphatic rings. The van der Waals surface area contributed by atoms with Gasteiger partial charge in [0.05, 0.1) is 18.8 Å². The van der Waals surface area contributed by atoms with Crippen molar-refractivity contribution in [3.8, 4) is 0 Å². The van der Waals surface area contributed by atoms with Crippen molar-refractivity contribution in [1.82, 2.24) is 9.80 Å². The zero-order chi connectivity index (χ0) is 16.7. The van der Waals surface area contributed by atoms with Gasteiger partial charge in [0.2, 0.25) is 0 Å². The minimum atomic E-state index is -0.360. The summed E-state index contributed by atoms with van der Waals surface area (Å²) in [7, 11) is 0. The molecular formula is C19H36N2O2. The van der Waals surface area contributed by atoms with E-state index in [0.29, 0.717) is 18.1 Å². The predicted octanol–water partition coefficient (Wildman–Crippen LogP) is 2.22. The van der Waals surface area contributed by atoms with Gasteiger partial charge in [-0.25, -0.2) is 0 Å². The van der Waals surface area contributed by atoms with Crippen LogP contribution in [0.3, 0.4) is 0 Å². The zero-order valence-electron chi connectivity index (χ0n) is 15.6. The van der Waals surface area contributed by atoms with E-state index in [4.69, 9.17) is 4.74 Å². The number of likely N-dealkylation sites (N-methyl/N-ethyl adjacent to an activating group) is 1. The molecule has 3 rings (SSSR count). The summed E-state index contributed by atoms with van der Waals surface area (Å²) in [5.74, 6) is 0.803. The molecule has 4 atom stereocenters. The number of aliphatic hydroxyl groups is 1. The van der Waals surface area contributed by atoms with Crippen molar-refractivity contribution < 1.29 is 9.84 Å². The SMILES string of the molecule is CCN1CCN(C[C@@H](O)CO[C@@H]2C(C)(C)[C@@H]3CC[C@]2(C)C3)CC1. The van der Waals surface area contributed by atoms with Crippen molar-refractivity contribution in [2.24, 2.45) is 16.7 Å². The van der Waals surface area contributed by atoms with E-state index in [1.54, 1.807) is 0 Å². The number of nitrogens with zero attached hydrogens (tertiary/aromatic N) is 2. The number of aliphatic hydroxyl groups excluding tert-OH is 1. The number of piperazine rings is 1. The molecule has 0 unspecified atom stereocenters. The molecule has 0 amide bonds. The van der Waals surface area contributed by atoms with Gasteiger partial charge in [-0.15, -0.1) is 0 Å². The molecule has 4 heteroatoms. The number of hydrogen-bond donors (Lipinski definition) is 1. The van der Waals surface area contributed by atoms with Crippen LogP contribution in [0.5, 0.6) is 0 Å². The molecule has 3 fully saturated rings. The first-order valence-corrected chi connectivity index (χ1v) is 9.59. The molecule has 0 radical (unpaired) electrons. The molecule has 1 saturated heterocycles. The summed E-state index contributed by atoms with van der Waals surface area (Å²) in [6.45, 7) is 16.1. The Labute approximate surface area is 142 Å². The van der Waals surface area contributed by atoms with Crippen LogP contribution in [0.15, 0.2) is 0 Å². The first kappa shape index (κ1) is 17.7. The van der Waals surface area contributed by atoms with Gasteiger partial charge in [-0.2, -0.15) is 0 Å². The van der Waals surface area contributed by atoms with Crippen molar-refractivity contribution in [3.63, 3.8) is 0 Å². The van der Waals surface area contributed by atoms with Crippen molar-refractivity contribution in [2.45, 2.75) is 59.2 Å². The monoisotopic (exact) mass is 324 g/mol. The Morgan fingerprint density at radius 2 is 1.78 bits per heavy atom. The lowest BCUT2D eigenvalue weighted by Crippen LogP contribution is -2.49. The summed E-state index contributed by atoms with van der Waals surface area (Å²) >= 11 is 0. The van der Waals surface area contributed by atoms with E-state index in [1.165, 1.54) is 19.3 Å². The second-order valence-corrected chi connectivity index (χ2v) is 9.02. The van der Waals surface area contributed by atoms with Crippen LogP contribution in [0.1, 0.15) is 47.0 Å². The molecule has 2 saturated carbocycles. The average molecular weight is 325 g/mol. The number of β-amino-alcohol motifs (C(OH)–C–C–N with tert-alkyl or cyclic N) is 1. The molecule has 2 aliphatic carbocycles. The van der Waals surface area contributed by atoms with Gasteiger partial charge >= 0.3 is 0 Å². The molecule has 1 aliphatic heterocycles. The van der Waals surface area contributed by atoms with E-state index in [2.05, 4.69) is 37.5 Å². The maximum absolute atomic E-state index is 10.4. The summed E-state index contributed by atoms with van der Waals surface area (Å²) in [5.41, 5.74) is 0.597. The van der Waals surface area contributed by atoms with Crippen molar-refractivity contribution in [2.75, 3.05) is 45.9 Å². The van der Waals surface area contributed by atoms with Crippen LogP contribution in [-0.2, 0) is 4.74 Å². The molecule has 4 nitrogen and oxygen atoms in total. The summed E-state index contributed by atoms with van der Waals surface area (Å²) in [6.07, 6.45) is 3.90. The maximum Gasteiger partial charge on any atom is 0.0900 e. The van der Waals surface area contributed by atoms with E-state index in [0.717, 1.165) is 45.2 Å². The third kappa shape index (κ3) is 3.46. The molecule has 134 valence electrons. The molecule has 2 bridgehead atoms. The van der Waals surface area contributed by atoms with Gasteiger partial charge in [-0.1, -0.05) is 27.7 Å². The second kappa shape index (κ2) is 6.62. The molecule has 0 spiro atoms. The van der Waals surface area contributed by atoms with Gasteiger partial charge in [0, 0.05) is 32.7 Å². The van der Waals surface area contributed by atoms with E-state index >= 15 is 0 Å². The minimum Gasteiger partial charge on any atom is -0.389 e. The van der Waals surface area contributed by atoms with Gasteiger partial charge in [-0.05, 0) is 42.6 Å². The number of ether oxygens (including phenoxy) is 1. The van der Waals surface area contributed by atoms with E-state index < -0.39 is 0 Å². The third-order valence-corrected chi connectivity index (χ3v) is 6.97. The van der Waals surface area contributed by atoms with Crippen LogP contribution in [0, 0.1) is 16.7 Å². The Morgan fingerprint density at radius 3 is 2.35 bits per heavy atom. The van der Waals surface area contributed by atoms with Gasteiger partial charge in [0.1, 0.15) is 0 Å². The lowest BCUT2D eigenvalue weighted by molar-refractivity contribution is -0.114. The molecule has 0 aromatic heterocycles. The van der Waals surface area contributed by atoms with Gasteiger partial charge < -0.3 is 14.7 Å². The normalized spacial score (nSPS) is 39.0. The summed E-state index contributed by atoms with van der Waals surface area (Å²) in [4.78, 5) is 4.85. The van der Waals surface area contributed by atoms with Gasteiger partial charge in [0.25, 0.3) is 0 Å². The highest BCUT2D eigenvalue weighted by atomic mass is 16.5. The van der Waals surface area contributed by atoms with Crippen LogP contribution in [0.25, 0.3) is 0 Å². The molecule has 0 aromatic carbocycles. The molecule has 1 heterocycles. The van der Waals surface area contributed by atoms with Crippen molar-refractivity contribution in [1.29, 1.82) is 0 Å². The highest BCUT2D eigenvalue weighted by Gasteiger charge is 2.60. The van der Waals surface area contributed by atoms with Crippen LogP contribution < -0.4 is 0 Å². The fraction of sp³-hybridized carbons (Fsp3) is 1.00. The predicted molar refractivity (Wildman–Crippen MR) is 93.5 cm³/mol. The largest absolute Gasteiger partial charge is 0.389 e. The third-order valence-electron chi connectivity index (χ3n) is 6.97. The first-order valence-electron chi connectivity index (χ1n) is 9.59. The van der Waals surface area contributed by atoms with Gasteiger partial charge in [0.15, 0.2) is 0 Å². The zero-order valence-corrected chi connectivity index (χ0v) is 15.6. The van der Waals surface area contributed by atoms with E-state index in [1.807, 2.05) is 0 Å². The lowest BCUT2D eigenvalue weighted by atomic mass is 9.70. The minimum absolute atomic E-state index is 0.263. The Balaban J connectivity index is 1.45.